The summed E-state index contributed by atoms with van der Waals surface area (Å²) in [5.74, 6) is 0.649. The van der Waals surface area contributed by atoms with E-state index in [0.717, 1.165) is 55.4 Å². The van der Waals surface area contributed by atoms with Gasteiger partial charge in [-0.05, 0) is 87.1 Å². The fraction of sp³-hybridized carbons (Fsp3) is 0.310. The Hall–Kier alpha value is -4.75. The number of hydrogen-bond acceptors (Lipinski definition) is 3. The Labute approximate surface area is 269 Å². The van der Waals surface area contributed by atoms with Gasteiger partial charge in [-0.2, -0.15) is 5.26 Å². The van der Waals surface area contributed by atoms with Gasteiger partial charge >= 0.3 is 0 Å². The number of nitrogens with zero attached hydrogens (tertiary/aromatic N) is 3. The molecule has 5 aromatic rings. The molecule has 5 aliphatic rings. The standard InChI is InChI=1S/C42H37N3O/c43-25-26-11-1-4-20-35(26)45-38-22-6-3-13-29(38)30-15-7-16-31(40(30)45)32-17-8-18-33-34-19-10-24-39(42(34)46-41(32)33)44-36-21-5-2-12-27(36)28-14-9-23-37(28)44/h1-2,4-6,8,10,12,17-22,24,26,29,31,38H,3,7,9,11,13-16,23H2. The summed E-state index contributed by atoms with van der Waals surface area (Å²) >= 11 is 0. The van der Waals surface area contributed by atoms with E-state index in [1.807, 2.05) is 0 Å². The van der Waals surface area contributed by atoms with Crippen molar-refractivity contribution in [3.05, 3.63) is 125 Å². The molecule has 3 aromatic carbocycles. The molecule has 0 spiro atoms. The maximum atomic E-state index is 10.2. The smallest absolute Gasteiger partial charge is 0.159 e. The second-order valence-electron chi connectivity index (χ2n) is 13.9. The van der Waals surface area contributed by atoms with Crippen molar-refractivity contribution >= 4 is 32.8 Å². The molecule has 4 unspecified atom stereocenters. The third-order valence-electron chi connectivity index (χ3n) is 11.6. The van der Waals surface area contributed by atoms with Gasteiger partial charge in [-0.15, -0.1) is 0 Å². The second kappa shape index (κ2) is 10.1. The highest BCUT2D eigenvalue weighted by atomic mass is 16.3. The number of aromatic nitrogens is 1. The van der Waals surface area contributed by atoms with Gasteiger partial charge < -0.3 is 13.9 Å². The van der Waals surface area contributed by atoms with Crippen LogP contribution in [-0.4, -0.2) is 15.5 Å². The zero-order valence-corrected chi connectivity index (χ0v) is 26.1. The molecular formula is C42H37N3O. The summed E-state index contributed by atoms with van der Waals surface area (Å²) in [6, 6.07) is 25.3. The van der Waals surface area contributed by atoms with E-state index in [4.69, 9.17) is 4.42 Å². The van der Waals surface area contributed by atoms with E-state index in [2.05, 4.69) is 107 Å². The zero-order chi connectivity index (χ0) is 30.4. The van der Waals surface area contributed by atoms with E-state index >= 15 is 0 Å². The molecule has 2 aromatic heterocycles. The van der Waals surface area contributed by atoms with Gasteiger partial charge in [0.15, 0.2) is 5.58 Å². The van der Waals surface area contributed by atoms with Crippen molar-refractivity contribution in [3.63, 3.8) is 0 Å². The molecule has 226 valence electrons. The van der Waals surface area contributed by atoms with Crippen LogP contribution in [0.5, 0.6) is 0 Å². The number of para-hydroxylation sites is 3. The molecule has 46 heavy (non-hydrogen) atoms. The summed E-state index contributed by atoms with van der Waals surface area (Å²) in [5.41, 5.74) is 12.9. The Bertz CT molecular complexity index is 2250. The molecular weight excluding hydrogens is 562 g/mol. The number of nitriles is 1. The second-order valence-corrected chi connectivity index (χ2v) is 13.9. The first kappa shape index (κ1) is 26.5. The largest absolute Gasteiger partial charge is 0.454 e. The molecule has 0 saturated heterocycles. The summed E-state index contributed by atoms with van der Waals surface area (Å²) in [7, 11) is 0. The summed E-state index contributed by atoms with van der Waals surface area (Å²) in [4.78, 5) is 2.61. The van der Waals surface area contributed by atoms with Crippen LogP contribution in [0.15, 0.2) is 112 Å². The van der Waals surface area contributed by atoms with Gasteiger partial charge in [0.05, 0.1) is 29.2 Å². The van der Waals surface area contributed by atoms with Crippen LogP contribution in [0, 0.1) is 23.2 Å². The highest BCUT2D eigenvalue weighted by Crippen LogP contribution is 2.55. The van der Waals surface area contributed by atoms with Crippen LogP contribution in [0.25, 0.3) is 38.5 Å². The first-order chi connectivity index (χ1) is 22.8. The molecule has 4 aliphatic carbocycles. The van der Waals surface area contributed by atoms with Crippen molar-refractivity contribution in [2.24, 2.45) is 11.8 Å². The minimum atomic E-state index is -0.113. The van der Waals surface area contributed by atoms with E-state index in [0.29, 0.717) is 12.0 Å². The van der Waals surface area contributed by atoms with Crippen molar-refractivity contribution in [3.8, 4) is 11.8 Å². The van der Waals surface area contributed by atoms with Crippen LogP contribution in [0.2, 0.25) is 0 Å². The molecule has 4 heteroatoms. The number of benzene rings is 3. The monoisotopic (exact) mass is 599 g/mol. The average Bonchev–Trinajstić information content (AvgIpc) is 3.88. The molecule has 3 heterocycles. The van der Waals surface area contributed by atoms with Crippen LogP contribution in [0.3, 0.4) is 0 Å². The topological polar surface area (TPSA) is 45.1 Å². The van der Waals surface area contributed by atoms with Crippen molar-refractivity contribution in [2.45, 2.75) is 69.7 Å². The first-order valence-corrected chi connectivity index (χ1v) is 17.3. The minimum Gasteiger partial charge on any atom is -0.454 e. The zero-order valence-electron chi connectivity index (χ0n) is 26.1. The van der Waals surface area contributed by atoms with Gasteiger partial charge in [0.25, 0.3) is 0 Å². The number of hydrogen-bond donors (Lipinski definition) is 0. The Morgan fingerprint density at radius 3 is 2.63 bits per heavy atom. The Morgan fingerprint density at radius 2 is 1.70 bits per heavy atom. The SMILES string of the molecule is N#CC1CC=CC=C1N1C2=C(CCCC2c2cccc3c2oc2c(-n4c5c(c6ccccc64)CCC5)cccc23)C2CCC=CC21. The Balaban J connectivity index is 1.18. The van der Waals surface area contributed by atoms with E-state index in [9.17, 15) is 5.26 Å². The predicted octanol–water partition coefficient (Wildman–Crippen LogP) is 10.2. The number of rotatable bonds is 3. The molecule has 10 rings (SSSR count). The van der Waals surface area contributed by atoms with Gasteiger partial charge in [-0.3, -0.25) is 0 Å². The highest BCUT2D eigenvalue weighted by molar-refractivity contribution is 6.09. The van der Waals surface area contributed by atoms with Gasteiger partial charge in [-0.1, -0.05) is 72.8 Å². The lowest BCUT2D eigenvalue weighted by Crippen LogP contribution is -2.37. The van der Waals surface area contributed by atoms with Crippen molar-refractivity contribution in [1.82, 2.24) is 9.47 Å². The van der Waals surface area contributed by atoms with Crippen LogP contribution in [0.1, 0.15) is 67.7 Å². The van der Waals surface area contributed by atoms with Crippen molar-refractivity contribution < 1.29 is 4.42 Å². The summed E-state index contributed by atoms with van der Waals surface area (Å²) in [6.07, 6.45) is 21.3. The molecule has 4 atom stereocenters. The molecule has 0 saturated carbocycles. The van der Waals surface area contributed by atoms with E-state index in [1.54, 1.807) is 5.57 Å². The first-order valence-electron chi connectivity index (χ1n) is 17.3. The minimum absolute atomic E-state index is 0.113. The van der Waals surface area contributed by atoms with Crippen molar-refractivity contribution in [1.29, 1.82) is 5.26 Å². The molecule has 0 radical (unpaired) electrons. The predicted molar refractivity (Wildman–Crippen MR) is 185 cm³/mol. The average molecular weight is 600 g/mol. The number of allylic oxidation sites excluding steroid dienone is 6. The van der Waals surface area contributed by atoms with E-state index in [-0.39, 0.29) is 11.8 Å². The molecule has 0 bridgehead atoms. The Morgan fingerprint density at radius 1 is 0.826 bits per heavy atom. The molecule has 1 aliphatic heterocycles. The van der Waals surface area contributed by atoms with Gasteiger partial charge in [-0.25, -0.2) is 0 Å². The number of fused-ring (bicyclic) bond motifs is 8. The highest BCUT2D eigenvalue weighted by Gasteiger charge is 2.47. The molecule has 0 amide bonds. The lowest BCUT2D eigenvalue weighted by molar-refractivity contribution is 0.290. The van der Waals surface area contributed by atoms with Crippen LogP contribution in [-0.2, 0) is 12.8 Å². The summed E-state index contributed by atoms with van der Waals surface area (Å²) in [6.45, 7) is 0. The summed E-state index contributed by atoms with van der Waals surface area (Å²) < 4.78 is 9.63. The maximum absolute atomic E-state index is 10.2. The lowest BCUT2D eigenvalue weighted by atomic mass is 9.77. The lowest BCUT2D eigenvalue weighted by Gasteiger charge is -2.39. The van der Waals surface area contributed by atoms with Crippen LogP contribution >= 0.6 is 0 Å². The molecule has 4 nitrogen and oxygen atoms in total. The molecule has 0 N–H and O–H groups in total. The van der Waals surface area contributed by atoms with Crippen molar-refractivity contribution in [2.75, 3.05) is 0 Å². The Kier molecular flexibility index (Phi) is 5.83. The molecule has 0 fully saturated rings. The fourth-order valence-electron chi connectivity index (χ4n) is 9.79. The number of aryl methyl sites for hydroxylation is 1. The quantitative estimate of drug-likeness (QED) is 0.194. The van der Waals surface area contributed by atoms with E-state index < -0.39 is 0 Å². The van der Waals surface area contributed by atoms with Gasteiger partial charge in [0.1, 0.15) is 5.58 Å². The summed E-state index contributed by atoms with van der Waals surface area (Å²) in [5, 5.41) is 14.0. The normalized spacial score (nSPS) is 25.3. The van der Waals surface area contributed by atoms with Gasteiger partial charge in [0.2, 0.25) is 0 Å². The third-order valence-corrected chi connectivity index (χ3v) is 11.6. The van der Waals surface area contributed by atoms with Gasteiger partial charge in [0, 0.05) is 50.6 Å². The van der Waals surface area contributed by atoms with E-state index in [1.165, 1.54) is 69.2 Å². The van der Waals surface area contributed by atoms with Crippen LogP contribution in [0.4, 0.5) is 0 Å². The van der Waals surface area contributed by atoms with Crippen LogP contribution < -0.4 is 0 Å². The fourth-order valence-corrected chi connectivity index (χ4v) is 9.79. The third kappa shape index (κ3) is 3.60. The maximum Gasteiger partial charge on any atom is 0.159 e. The number of furan rings is 1.